The van der Waals surface area contributed by atoms with Crippen LogP contribution in [0, 0.1) is 0 Å². The van der Waals surface area contributed by atoms with Crippen LogP contribution in [0.2, 0.25) is 0 Å². The van der Waals surface area contributed by atoms with Crippen LogP contribution in [0.5, 0.6) is 0 Å². The Balaban J connectivity index is 2.27. The molecule has 0 atom stereocenters. The molecule has 0 saturated carbocycles. The fourth-order valence-corrected chi connectivity index (χ4v) is 2.97. The number of hydrogen-bond acceptors (Lipinski definition) is 4. The van der Waals surface area contributed by atoms with Gasteiger partial charge in [0.1, 0.15) is 0 Å². The average Bonchev–Trinajstić information content (AvgIpc) is 2.41. The van der Waals surface area contributed by atoms with E-state index >= 15 is 0 Å². The van der Waals surface area contributed by atoms with Crippen LogP contribution in [0.4, 0.5) is 11.4 Å². The molecule has 6 heteroatoms. The zero-order valence-electron chi connectivity index (χ0n) is 10.5. The monoisotopic (exact) mass is 277 g/mol. The van der Waals surface area contributed by atoms with Crippen LogP contribution in [-0.4, -0.2) is 20.4 Å². The average molecular weight is 277 g/mol. The third-order valence-corrected chi connectivity index (χ3v) is 4.56. The molecule has 0 saturated heterocycles. The van der Waals surface area contributed by atoms with Gasteiger partial charge in [-0.25, -0.2) is 8.42 Å². The maximum Gasteiger partial charge on any atom is 0.239 e. The van der Waals surface area contributed by atoms with Gasteiger partial charge in [0.15, 0.2) is 0 Å². The van der Waals surface area contributed by atoms with Crippen molar-refractivity contribution in [1.82, 2.24) is 4.98 Å². The fraction of sp³-hybridized carbons (Fsp3) is 0.154. The minimum absolute atomic E-state index is 0.126. The highest BCUT2D eigenvalue weighted by atomic mass is 32.2. The van der Waals surface area contributed by atoms with E-state index in [-0.39, 0.29) is 5.75 Å². The number of aromatic nitrogens is 1. The van der Waals surface area contributed by atoms with E-state index in [0.29, 0.717) is 16.9 Å². The SMILES string of the molecule is CN(c1ccncc1)S(=O)(=O)Cc1ccccc1N. The molecule has 0 bridgehead atoms. The molecule has 2 N–H and O–H groups in total. The Morgan fingerprint density at radius 3 is 2.42 bits per heavy atom. The van der Waals surface area contributed by atoms with Crippen LogP contribution in [0.25, 0.3) is 0 Å². The molecule has 0 aliphatic carbocycles. The Labute approximate surface area is 112 Å². The molecule has 0 spiro atoms. The number of anilines is 2. The van der Waals surface area contributed by atoms with Gasteiger partial charge in [-0.2, -0.15) is 0 Å². The summed E-state index contributed by atoms with van der Waals surface area (Å²) in [6.45, 7) is 0. The fourth-order valence-electron chi connectivity index (χ4n) is 1.67. The van der Waals surface area contributed by atoms with Gasteiger partial charge < -0.3 is 5.73 Å². The summed E-state index contributed by atoms with van der Waals surface area (Å²) >= 11 is 0. The summed E-state index contributed by atoms with van der Waals surface area (Å²) in [5, 5.41) is 0. The minimum atomic E-state index is -3.46. The van der Waals surface area contributed by atoms with Gasteiger partial charge in [-0.3, -0.25) is 9.29 Å². The van der Waals surface area contributed by atoms with Gasteiger partial charge in [0, 0.05) is 25.1 Å². The molecule has 19 heavy (non-hydrogen) atoms. The summed E-state index contributed by atoms with van der Waals surface area (Å²) in [5.41, 5.74) is 7.43. The van der Waals surface area contributed by atoms with E-state index in [2.05, 4.69) is 4.98 Å². The van der Waals surface area contributed by atoms with Gasteiger partial charge in [0.25, 0.3) is 0 Å². The maximum atomic E-state index is 12.3. The second kappa shape index (κ2) is 5.27. The molecule has 2 aromatic rings. The molecule has 0 aliphatic heterocycles. The van der Waals surface area contributed by atoms with Crippen molar-refractivity contribution in [3.63, 3.8) is 0 Å². The van der Waals surface area contributed by atoms with Crippen molar-refractivity contribution < 1.29 is 8.42 Å². The van der Waals surface area contributed by atoms with E-state index in [1.165, 1.54) is 11.4 Å². The number of nitrogen functional groups attached to an aromatic ring is 1. The van der Waals surface area contributed by atoms with Crippen LogP contribution < -0.4 is 10.0 Å². The predicted molar refractivity (Wildman–Crippen MR) is 76.1 cm³/mol. The van der Waals surface area contributed by atoms with Crippen LogP contribution in [-0.2, 0) is 15.8 Å². The maximum absolute atomic E-state index is 12.3. The number of hydrogen-bond donors (Lipinski definition) is 1. The summed E-state index contributed by atoms with van der Waals surface area (Å²) < 4.78 is 25.8. The van der Waals surface area contributed by atoms with Crippen molar-refractivity contribution in [2.45, 2.75) is 5.75 Å². The van der Waals surface area contributed by atoms with Crippen LogP contribution in [0.15, 0.2) is 48.8 Å². The van der Waals surface area contributed by atoms with E-state index in [1.54, 1.807) is 48.8 Å². The Morgan fingerprint density at radius 1 is 1.16 bits per heavy atom. The first-order valence-electron chi connectivity index (χ1n) is 5.71. The molecule has 0 amide bonds. The topological polar surface area (TPSA) is 76.3 Å². The number of pyridine rings is 1. The second-order valence-electron chi connectivity index (χ2n) is 4.13. The first-order chi connectivity index (χ1) is 9.00. The van der Waals surface area contributed by atoms with Gasteiger partial charge >= 0.3 is 0 Å². The molecular formula is C13H15N3O2S. The lowest BCUT2D eigenvalue weighted by Gasteiger charge is -2.19. The number of sulfonamides is 1. The highest BCUT2D eigenvalue weighted by Crippen LogP contribution is 2.20. The smallest absolute Gasteiger partial charge is 0.239 e. The largest absolute Gasteiger partial charge is 0.398 e. The summed E-state index contributed by atoms with van der Waals surface area (Å²) in [5.74, 6) is -0.126. The van der Waals surface area contributed by atoms with Gasteiger partial charge in [-0.1, -0.05) is 18.2 Å². The molecule has 0 unspecified atom stereocenters. The van der Waals surface area contributed by atoms with Crippen molar-refractivity contribution in [2.24, 2.45) is 0 Å². The molecule has 0 aliphatic rings. The van der Waals surface area contributed by atoms with Crippen molar-refractivity contribution in [2.75, 3.05) is 17.1 Å². The molecule has 2 rings (SSSR count). The van der Waals surface area contributed by atoms with Crippen molar-refractivity contribution in [3.05, 3.63) is 54.4 Å². The predicted octanol–water partition coefficient (Wildman–Crippen LogP) is 1.63. The highest BCUT2D eigenvalue weighted by Gasteiger charge is 2.19. The van der Waals surface area contributed by atoms with E-state index in [4.69, 9.17) is 5.73 Å². The molecule has 100 valence electrons. The summed E-state index contributed by atoms with van der Waals surface area (Å²) in [6, 6.07) is 10.2. The molecule has 0 radical (unpaired) electrons. The standard InChI is InChI=1S/C13H15N3O2S/c1-16(12-6-8-15-9-7-12)19(17,18)10-11-4-2-3-5-13(11)14/h2-9H,10,14H2,1H3. The van der Waals surface area contributed by atoms with E-state index in [9.17, 15) is 8.42 Å². The summed E-state index contributed by atoms with van der Waals surface area (Å²) in [4.78, 5) is 3.87. The highest BCUT2D eigenvalue weighted by molar-refractivity contribution is 7.92. The van der Waals surface area contributed by atoms with Gasteiger partial charge in [-0.15, -0.1) is 0 Å². The first-order valence-corrected chi connectivity index (χ1v) is 7.31. The van der Waals surface area contributed by atoms with Crippen LogP contribution in [0.1, 0.15) is 5.56 Å². The third kappa shape index (κ3) is 3.03. The number of nitrogens with zero attached hydrogens (tertiary/aromatic N) is 2. The quantitative estimate of drug-likeness (QED) is 0.862. The Hall–Kier alpha value is -2.08. The number of benzene rings is 1. The van der Waals surface area contributed by atoms with Gasteiger partial charge in [0.2, 0.25) is 10.0 Å². The van der Waals surface area contributed by atoms with Gasteiger partial charge in [0.05, 0.1) is 11.4 Å². The van der Waals surface area contributed by atoms with Crippen molar-refractivity contribution in [3.8, 4) is 0 Å². The normalized spacial score (nSPS) is 11.2. The van der Waals surface area contributed by atoms with Crippen LogP contribution >= 0.6 is 0 Å². The van der Waals surface area contributed by atoms with E-state index < -0.39 is 10.0 Å². The molecule has 5 nitrogen and oxygen atoms in total. The number of para-hydroxylation sites is 1. The van der Waals surface area contributed by atoms with E-state index in [0.717, 1.165) is 0 Å². The summed E-state index contributed by atoms with van der Waals surface area (Å²) in [7, 11) is -1.95. The van der Waals surface area contributed by atoms with Gasteiger partial charge in [-0.05, 0) is 23.8 Å². The minimum Gasteiger partial charge on any atom is -0.398 e. The summed E-state index contributed by atoms with van der Waals surface area (Å²) in [6.07, 6.45) is 3.11. The molecular weight excluding hydrogens is 262 g/mol. The second-order valence-corrected chi connectivity index (χ2v) is 6.13. The zero-order valence-corrected chi connectivity index (χ0v) is 11.3. The van der Waals surface area contributed by atoms with E-state index in [1.807, 2.05) is 0 Å². The Morgan fingerprint density at radius 2 is 1.79 bits per heavy atom. The Bertz CT molecular complexity index is 657. The molecule has 1 aromatic heterocycles. The first kappa shape index (κ1) is 13.4. The lowest BCUT2D eigenvalue weighted by Crippen LogP contribution is -2.28. The lowest BCUT2D eigenvalue weighted by molar-refractivity contribution is 0.593. The molecule has 1 heterocycles. The number of nitrogens with two attached hydrogens (primary N) is 1. The zero-order chi connectivity index (χ0) is 13.9. The van der Waals surface area contributed by atoms with Crippen molar-refractivity contribution >= 4 is 21.4 Å². The lowest BCUT2D eigenvalue weighted by atomic mass is 10.2. The third-order valence-electron chi connectivity index (χ3n) is 2.84. The van der Waals surface area contributed by atoms with Crippen LogP contribution in [0.3, 0.4) is 0 Å². The molecule has 0 fully saturated rings. The Kier molecular flexibility index (Phi) is 3.71. The van der Waals surface area contributed by atoms with Crippen molar-refractivity contribution in [1.29, 1.82) is 0 Å². The number of rotatable bonds is 4. The molecule has 1 aromatic carbocycles.